The van der Waals surface area contributed by atoms with Gasteiger partial charge in [0.2, 0.25) is 0 Å². The van der Waals surface area contributed by atoms with Gasteiger partial charge in [-0.05, 0) is 31.2 Å². The monoisotopic (exact) mass is 384 g/mol. The number of carbonyl (C=O) groups is 1. The third kappa shape index (κ3) is 4.17. The first kappa shape index (κ1) is 19.5. The van der Waals surface area contributed by atoms with E-state index in [1.54, 1.807) is 44.4 Å². The summed E-state index contributed by atoms with van der Waals surface area (Å²) in [6, 6.07) is 11.7. The molecule has 0 fully saturated rings. The van der Waals surface area contributed by atoms with Gasteiger partial charge < -0.3 is 15.4 Å². The molecule has 0 bridgehead atoms. The van der Waals surface area contributed by atoms with Gasteiger partial charge in [0.25, 0.3) is 5.56 Å². The molecule has 0 saturated heterocycles. The van der Waals surface area contributed by atoms with E-state index in [0.29, 0.717) is 29.9 Å². The zero-order chi connectivity index (χ0) is 20.1. The zero-order valence-corrected chi connectivity index (χ0v) is 15.6. The maximum absolute atomic E-state index is 13.7. The number of fused-ring (bicyclic) bond motifs is 1. The third-order valence-electron chi connectivity index (χ3n) is 4.27. The molecule has 0 aliphatic heterocycles. The first-order valence-corrected chi connectivity index (χ1v) is 8.81. The van der Waals surface area contributed by atoms with E-state index in [-0.39, 0.29) is 11.2 Å². The Hall–Kier alpha value is -3.26. The Balaban J connectivity index is 1.89. The number of hydrogen-bond acceptors (Lipinski definition) is 4. The number of ether oxygens (including phenoxy) is 1. The molecule has 28 heavy (non-hydrogen) atoms. The van der Waals surface area contributed by atoms with Crippen LogP contribution in [0, 0.1) is 5.82 Å². The normalized spacial score (nSPS) is 12.0. The molecule has 0 radical (unpaired) electrons. The van der Waals surface area contributed by atoms with Gasteiger partial charge in [-0.25, -0.2) is 14.2 Å². The molecule has 0 aliphatic carbocycles. The SMILES string of the molecule is COCCn1c(C(C)NC(=O)Nc2ccccc2F)nc2ccccc2c1=O. The number of halogens is 1. The zero-order valence-electron chi connectivity index (χ0n) is 15.6. The van der Waals surface area contributed by atoms with E-state index < -0.39 is 17.9 Å². The Bertz CT molecular complexity index is 1050. The fourth-order valence-corrected chi connectivity index (χ4v) is 2.90. The standard InChI is InChI=1S/C20H21FN4O3/c1-13(22-20(27)24-17-10-6-4-8-15(17)21)18-23-16-9-5-3-7-14(16)19(26)25(18)11-12-28-2/h3-10,13H,11-12H2,1-2H3,(H2,22,24,27). The summed E-state index contributed by atoms with van der Waals surface area (Å²) in [5.74, 6) is -0.143. The summed E-state index contributed by atoms with van der Waals surface area (Å²) in [5.41, 5.74) is 0.399. The Labute approximate surface area is 161 Å². The van der Waals surface area contributed by atoms with Crippen molar-refractivity contribution in [2.75, 3.05) is 19.0 Å². The molecule has 7 nitrogen and oxygen atoms in total. The van der Waals surface area contributed by atoms with Crippen LogP contribution in [0.3, 0.4) is 0 Å². The van der Waals surface area contributed by atoms with Crippen LogP contribution in [0.2, 0.25) is 0 Å². The fourth-order valence-electron chi connectivity index (χ4n) is 2.90. The molecule has 146 valence electrons. The first-order valence-electron chi connectivity index (χ1n) is 8.81. The van der Waals surface area contributed by atoms with Gasteiger partial charge in [0.05, 0.1) is 35.8 Å². The van der Waals surface area contributed by atoms with E-state index in [4.69, 9.17) is 4.74 Å². The lowest BCUT2D eigenvalue weighted by Crippen LogP contribution is -2.36. The highest BCUT2D eigenvalue weighted by atomic mass is 19.1. The van der Waals surface area contributed by atoms with Crippen molar-refractivity contribution < 1.29 is 13.9 Å². The van der Waals surface area contributed by atoms with Crippen molar-refractivity contribution >= 4 is 22.6 Å². The van der Waals surface area contributed by atoms with Gasteiger partial charge in [0.1, 0.15) is 11.6 Å². The lowest BCUT2D eigenvalue weighted by atomic mass is 10.2. The van der Waals surface area contributed by atoms with E-state index in [0.717, 1.165) is 0 Å². The third-order valence-corrected chi connectivity index (χ3v) is 4.27. The maximum Gasteiger partial charge on any atom is 0.319 e. The molecule has 2 aromatic carbocycles. The van der Waals surface area contributed by atoms with Crippen molar-refractivity contribution in [2.45, 2.75) is 19.5 Å². The van der Waals surface area contributed by atoms with Crippen LogP contribution >= 0.6 is 0 Å². The van der Waals surface area contributed by atoms with Gasteiger partial charge in [-0.15, -0.1) is 0 Å². The fraction of sp³-hybridized carbons (Fsp3) is 0.250. The van der Waals surface area contributed by atoms with E-state index >= 15 is 0 Å². The Kier molecular flexibility index (Phi) is 6.00. The number of methoxy groups -OCH3 is 1. The van der Waals surface area contributed by atoms with E-state index in [1.807, 2.05) is 0 Å². The Morgan fingerprint density at radius 2 is 1.93 bits per heavy atom. The molecule has 8 heteroatoms. The second-order valence-electron chi connectivity index (χ2n) is 6.24. The number of carbonyl (C=O) groups excluding carboxylic acids is 1. The van der Waals surface area contributed by atoms with Gasteiger partial charge >= 0.3 is 6.03 Å². The number of anilines is 1. The van der Waals surface area contributed by atoms with Crippen molar-refractivity contribution in [3.63, 3.8) is 0 Å². The average Bonchev–Trinajstić information content (AvgIpc) is 2.69. The van der Waals surface area contributed by atoms with Crippen LogP contribution in [0.1, 0.15) is 18.8 Å². The molecule has 1 unspecified atom stereocenters. The second-order valence-corrected chi connectivity index (χ2v) is 6.24. The summed E-state index contributed by atoms with van der Waals surface area (Å²) in [6.07, 6.45) is 0. The molecule has 1 aromatic heterocycles. The molecule has 3 aromatic rings. The number of aromatic nitrogens is 2. The topological polar surface area (TPSA) is 85.2 Å². The van der Waals surface area contributed by atoms with Crippen LogP contribution in [-0.4, -0.2) is 29.3 Å². The summed E-state index contributed by atoms with van der Waals surface area (Å²) in [6.45, 7) is 2.32. The summed E-state index contributed by atoms with van der Waals surface area (Å²) in [7, 11) is 1.54. The number of urea groups is 1. The Morgan fingerprint density at radius 3 is 2.68 bits per heavy atom. The molecule has 1 atom stereocenters. The van der Waals surface area contributed by atoms with Gasteiger partial charge in [0, 0.05) is 7.11 Å². The molecule has 3 rings (SSSR count). The molecule has 0 spiro atoms. The van der Waals surface area contributed by atoms with Crippen LogP contribution in [0.15, 0.2) is 53.3 Å². The summed E-state index contributed by atoms with van der Waals surface area (Å²) >= 11 is 0. The highest BCUT2D eigenvalue weighted by molar-refractivity contribution is 5.89. The highest BCUT2D eigenvalue weighted by Crippen LogP contribution is 2.15. The van der Waals surface area contributed by atoms with Crippen LogP contribution < -0.4 is 16.2 Å². The molecular weight excluding hydrogens is 363 g/mol. The first-order chi connectivity index (χ1) is 13.5. The number of nitrogens with one attached hydrogen (secondary N) is 2. The van der Waals surface area contributed by atoms with Gasteiger partial charge in [-0.3, -0.25) is 9.36 Å². The molecule has 0 saturated carbocycles. The molecule has 2 N–H and O–H groups in total. The van der Waals surface area contributed by atoms with E-state index in [2.05, 4.69) is 15.6 Å². The largest absolute Gasteiger partial charge is 0.383 e. The smallest absolute Gasteiger partial charge is 0.319 e. The van der Waals surface area contributed by atoms with Crippen molar-refractivity contribution in [1.82, 2.24) is 14.9 Å². The molecule has 2 amide bonds. The van der Waals surface area contributed by atoms with E-state index in [1.165, 1.54) is 22.8 Å². The van der Waals surface area contributed by atoms with Crippen molar-refractivity contribution in [3.8, 4) is 0 Å². The number of rotatable bonds is 6. The van der Waals surface area contributed by atoms with Crippen molar-refractivity contribution in [1.29, 1.82) is 0 Å². The van der Waals surface area contributed by atoms with Crippen molar-refractivity contribution in [2.24, 2.45) is 0 Å². The predicted octanol–water partition coefficient (Wildman–Crippen LogP) is 3.06. The summed E-state index contributed by atoms with van der Waals surface area (Å²) in [5, 5.41) is 5.65. The lowest BCUT2D eigenvalue weighted by Gasteiger charge is -2.19. The average molecular weight is 384 g/mol. The molecule has 0 aliphatic rings. The minimum atomic E-state index is -0.599. The number of nitrogens with zero attached hydrogens (tertiary/aromatic N) is 2. The van der Waals surface area contributed by atoms with Crippen LogP contribution in [0.25, 0.3) is 10.9 Å². The highest BCUT2D eigenvalue weighted by Gasteiger charge is 2.18. The van der Waals surface area contributed by atoms with Gasteiger partial charge in [0.15, 0.2) is 0 Å². The van der Waals surface area contributed by atoms with Crippen LogP contribution in [-0.2, 0) is 11.3 Å². The van der Waals surface area contributed by atoms with Crippen LogP contribution in [0.5, 0.6) is 0 Å². The molecular formula is C20H21FN4O3. The van der Waals surface area contributed by atoms with Crippen molar-refractivity contribution in [3.05, 3.63) is 70.5 Å². The predicted molar refractivity (Wildman–Crippen MR) is 105 cm³/mol. The lowest BCUT2D eigenvalue weighted by molar-refractivity contribution is 0.184. The number of amides is 2. The minimum Gasteiger partial charge on any atom is -0.383 e. The quantitative estimate of drug-likeness (QED) is 0.684. The summed E-state index contributed by atoms with van der Waals surface area (Å²) < 4.78 is 20.3. The second kappa shape index (κ2) is 8.62. The van der Waals surface area contributed by atoms with Gasteiger partial charge in [-0.2, -0.15) is 0 Å². The summed E-state index contributed by atoms with van der Waals surface area (Å²) in [4.78, 5) is 29.7. The maximum atomic E-state index is 13.7. The number of benzene rings is 2. The van der Waals surface area contributed by atoms with Gasteiger partial charge in [-0.1, -0.05) is 24.3 Å². The van der Waals surface area contributed by atoms with Crippen LogP contribution in [0.4, 0.5) is 14.9 Å². The van der Waals surface area contributed by atoms with E-state index in [9.17, 15) is 14.0 Å². The number of para-hydroxylation sites is 2. The minimum absolute atomic E-state index is 0.0652. The molecule has 1 heterocycles. The number of hydrogen-bond donors (Lipinski definition) is 2. The Morgan fingerprint density at radius 1 is 1.21 bits per heavy atom.